The molecule has 0 amide bonds. The fourth-order valence-corrected chi connectivity index (χ4v) is 1.35. The Balaban J connectivity index is 0.000000461. The van der Waals surface area contributed by atoms with Crippen molar-refractivity contribution in [2.24, 2.45) is 7.05 Å². The Morgan fingerprint density at radius 1 is 1.29 bits per heavy atom. The van der Waals surface area contributed by atoms with Crippen LogP contribution in [-0.4, -0.2) is 9.55 Å². The number of aromatic amines is 1. The maximum absolute atomic E-state index is 11.2. The second-order valence-corrected chi connectivity index (χ2v) is 3.01. The van der Waals surface area contributed by atoms with Crippen LogP contribution in [0.25, 0.3) is 11.0 Å². The third-order valence-corrected chi connectivity index (χ3v) is 2.06. The van der Waals surface area contributed by atoms with Gasteiger partial charge in [0.15, 0.2) is 0 Å². The largest absolute Gasteiger partial charge is 0.326 e. The van der Waals surface area contributed by atoms with E-state index in [0.29, 0.717) is 0 Å². The molecule has 3 heteroatoms. The molecule has 0 atom stereocenters. The average Bonchev–Trinajstić information content (AvgIpc) is 2.45. The van der Waals surface area contributed by atoms with Crippen molar-refractivity contribution in [3.63, 3.8) is 0 Å². The molecule has 14 heavy (non-hydrogen) atoms. The second-order valence-electron chi connectivity index (χ2n) is 3.01. The summed E-state index contributed by atoms with van der Waals surface area (Å²) in [5, 5.41) is 0. The molecular weight excluding hydrogens is 176 g/mol. The highest BCUT2D eigenvalue weighted by molar-refractivity contribution is 5.75. The van der Waals surface area contributed by atoms with Crippen molar-refractivity contribution in [2.45, 2.75) is 20.8 Å². The standard InChI is InChI=1S/C9H10N2O.C2H6/c1-6-3-4-8-7(5-6)10-9(12)11(8)2;1-2/h3-5H,1-2H3,(H,10,12);1-2H3. The number of imidazole rings is 1. The van der Waals surface area contributed by atoms with Crippen LogP contribution >= 0.6 is 0 Å². The molecule has 1 aromatic carbocycles. The Hall–Kier alpha value is -1.51. The van der Waals surface area contributed by atoms with Crippen LogP contribution in [0.1, 0.15) is 19.4 Å². The summed E-state index contributed by atoms with van der Waals surface area (Å²) < 4.78 is 1.61. The van der Waals surface area contributed by atoms with E-state index in [9.17, 15) is 4.79 Å². The number of rotatable bonds is 0. The molecule has 2 aromatic rings. The number of benzene rings is 1. The molecule has 0 bridgehead atoms. The lowest BCUT2D eigenvalue weighted by molar-refractivity contribution is 0.891. The molecule has 3 nitrogen and oxygen atoms in total. The molecule has 1 aromatic heterocycles. The summed E-state index contributed by atoms with van der Waals surface area (Å²) in [4.78, 5) is 13.9. The molecule has 0 saturated carbocycles. The van der Waals surface area contributed by atoms with Crippen LogP contribution in [0.5, 0.6) is 0 Å². The van der Waals surface area contributed by atoms with Gasteiger partial charge in [0.05, 0.1) is 11.0 Å². The van der Waals surface area contributed by atoms with E-state index in [1.54, 1.807) is 11.6 Å². The van der Waals surface area contributed by atoms with Gasteiger partial charge in [-0.05, 0) is 24.6 Å². The Morgan fingerprint density at radius 3 is 2.57 bits per heavy atom. The molecular formula is C11H16N2O. The summed E-state index contributed by atoms with van der Waals surface area (Å²) in [6.07, 6.45) is 0. The van der Waals surface area contributed by atoms with Gasteiger partial charge < -0.3 is 4.98 Å². The number of hydrogen-bond donors (Lipinski definition) is 1. The van der Waals surface area contributed by atoms with Crippen LogP contribution in [0.4, 0.5) is 0 Å². The molecule has 0 radical (unpaired) electrons. The molecule has 2 rings (SSSR count). The SMILES string of the molecule is CC.Cc1ccc2c(c1)[nH]c(=O)n2C. The van der Waals surface area contributed by atoms with Crippen LogP contribution < -0.4 is 5.69 Å². The Bertz CT molecular complexity index is 479. The highest BCUT2D eigenvalue weighted by Crippen LogP contribution is 2.10. The van der Waals surface area contributed by atoms with Crippen LogP contribution in [0.15, 0.2) is 23.0 Å². The first-order valence-electron chi connectivity index (χ1n) is 4.84. The monoisotopic (exact) mass is 192 g/mol. The predicted octanol–water partition coefficient (Wildman–Crippen LogP) is 2.20. The number of aromatic nitrogens is 2. The number of nitrogens with zero attached hydrogens (tertiary/aromatic N) is 1. The van der Waals surface area contributed by atoms with Crippen molar-refractivity contribution < 1.29 is 0 Å². The van der Waals surface area contributed by atoms with E-state index in [0.717, 1.165) is 16.6 Å². The van der Waals surface area contributed by atoms with Gasteiger partial charge in [-0.25, -0.2) is 4.79 Å². The first-order chi connectivity index (χ1) is 6.68. The smallest absolute Gasteiger partial charge is 0.306 e. The number of nitrogens with one attached hydrogen (secondary N) is 1. The lowest BCUT2D eigenvalue weighted by Crippen LogP contribution is -2.11. The van der Waals surface area contributed by atoms with Crippen LogP contribution in [0.2, 0.25) is 0 Å². The highest BCUT2D eigenvalue weighted by atomic mass is 16.1. The average molecular weight is 192 g/mol. The number of aryl methyl sites for hydroxylation is 2. The van der Waals surface area contributed by atoms with Crippen molar-refractivity contribution in [1.82, 2.24) is 9.55 Å². The van der Waals surface area contributed by atoms with E-state index < -0.39 is 0 Å². The van der Waals surface area contributed by atoms with Gasteiger partial charge in [-0.2, -0.15) is 0 Å². The van der Waals surface area contributed by atoms with Crippen LogP contribution in [-0.2, 0) is 7.05 Å². The Morgan fingerprint density at radius 2 is 1.93 bits per heavy atom. The first-order valence-corrected chi connectivity index (χ1v) is 4.84. The lowest BCUT2D eigenvalue weighted by atomic mass is 10.2. The number of fused-ring (bicyclic) bond motifs is 1. The molecule has 0 aliphatic heterocycles. The minimum absolute atomic E-state index is 0.0596. The summed E-state index contributed by atoms with van der Waals surface area (Å²) in [5.74, 6) is 0. The molecule has 0 spiro atoms. The zero-order chi connectivity index (χ0) is 10.7. The van der Waals surface area contributed by atoms with Crippen LogP contribution in [0, 0.1) is 6.92 Å². The molecule has 0 unspecified atom stereocenters. The van der Waals surface area contributed by atoms with E-state index >= 15 is 0 Å². The summed E-state index contributed by atoms with van der Waals surface area (Å²) in [7, 11) is 1.76. The van der Waals surface area contributed by atoms with Gasteiger partial charge in [0, 0.05) is 7.05 Å². The summed E-state index contributed by atoms with van der Waals surface area (Å²) in [5.41, 5.74) is 2.95. The fraction of sp³-hybridized carbons (Fsp3) is 0.364. The number of hydrogen-bond acceptors (Lipinski definition) is 1. The maximum atomic E-state index is 11.2. The lowest BCUT2D eigenvalue weighted by Gasteiger charge is -1.93. The minimum atomic E-state index is -0.0596. The third kappa shape index (κ3) is 1.71. The van der Waals surface area contributed by atoms with E-state index in [1.165, 1.54) is 0 Å². The molecule has 1 N–H and O–H groups in total. The molecule has 0 aliphatic rings. The second kappa shape index (κ2) is 4.13. The Labute approximate surface area is 83.4 Å². The molecule has 0 saturated heterocycles. The zero-order valence-corrected chi connectivity index (χ0v) is 9.09. The maximum Gasteiger partial charge on any atom is 0.326 e. The molecule has 1 heterocycles. The quantitative estimate of drug-likeness (QED) is 0.682. The minimum Gasteiger partial charge on any atom is -0.306 e. The Kier molecular flexibility index (Phi) is 3.12. The first kappa shape index (κ1) is 10.6. The summed E-state index contributed by atoms with van der Waals surface area (Å²) in [6, 6.07) is 5.91. The molecule has 76 valence electrons. The van der Waals surface area contributed by atoms with Gasteiger partial charge in [0.25, 0.3) is 0 Å². The highest BCUT2D eigenvalue weighted by Gasteiger charge is 2.00. The van der Waals surface area contributed by atoms with Crippen molar-refractivity contribution in [1.29, 1.82) is 0 Å². The van der Waals surface area contributed by atoms with Gasteiger partial charge in [-0.15, -0.1) is 0 Å². The van der Waals surface area contributed by atoms with E-state index in [1.807, 2.05) is 39.0 Å². The van der Waals surface area contributed by atoms with Crippen molar-refractivity contribution in [3.8, 4) is 0 Å². The number of H-pyrrole nitrogens is 1. The van der Waals surface area contributed by atoms with Crippen molar-refractivity contribution >= 4 is 11.0 Å². The van der Waals surface area contributed by atoms with Gasteiger partial charge in [0.1, 0.15) is 0 Å². The summed E-state index contributed by atoms with van der Waals surface area (Å²) >= 11 is 0. The third-order valence-electron chi connectivity index (χ3n) is 2.06. The van der Waals surface area contributed by atoms with Crippen molar-refractivity contribution in [2.75, 3.05) is 0 Å². The fourth-order valence-electron chi connectivity index (χ4n) is 1.35. The van der Waals surface area contributed by atoms with Crippen molar-refractivity contribution in [3.05, 3.63) is 34.2 Å². The zero-order valence-electron chi connectivity index (χ0n) is 9.09. The van der Waals surface area contributed by atoms with Gasteiger partial charge in [0.2, 0.25) is 0 Å². The van der Waals surface area contributed by atoms with Crippen LogP contribution in [0.3, 0.4) is 0 Å². The summed E-state index contributed by atoms with van der Waals surface area (Å²) in [6.45, 7) is 6.00. The van der Waals surface area contributed by atoms with Gasteiger partial charge in [-0.3, -0.25) is 4.57 Å². The predicted molar refractivity (Wildman–Crippen MR) is 59.6 cm³/mol. The normalized spacial score (nSPS) is 9.71. The van der Waals surface area contributed by atoms with Gasteiger partial charge >= 0.3 is 5.69 Å². The van der Waals surface area contributed by atoms with E-state index in [4.69, 9.17) is 0 Å². The van der Waals surface area contributed by atoms with E-state index in [2.05, 4.69) is 4.98 Å². The molecule has 0 aliphatic carbocycles. The van der Waals surface area contributed by atoms with E-state index in [-0.39, 0.29) is 5.69 Å². The topological polar surface area (TPSA) is 37.8 Å². The van der Waals surface area contributed by atoms with Gasteiger partial charge in [-0.1, -0.05) is 19.9 Å². The molecule has 0 fully saturated rings.